The molecule has 0 atom stereocenters. The number of carboxylic acids is 1. The molecule has 2 aromatic carbocycles. The highest BCUT2D eigenvalue weighted by atomic mass is 32.1. The van der Waals surface area contributed by atoms with Crippen molar-refractivity contribution in [1.29, 1.82) is 0 Å². The second-order valence-corrected chi connectivity index (χ2v) is 8.26. The number of carbonyl (C=O) groups is 1. The van der Waals surface area contributed by atoms with Crippen LogP contribution >= 0.6 is 11.3 Å². The van der Waals surface area contributed by atoms with Crippen molar-refractivity contribution < 1.29 is 23.1 Å². The van der Waals surface area contributed by atoms with Gasteiger partial charge in [0.1, 0.15) is 0 Å². The molecule has 0 saturated heterocycles. The molecule has 0 aliphatic heterocycles. The minimum atomic E-state index is -4.38. The second kappa shape index (κ2) is 9.49. The minimum Gasteiger partial charge on any atom is -0.480 e. The number of benzene rings is 2. The zero-order chi connectivity index (χ0) is 22.6. The molecular weight excluding hydrogens is 423 g/mol. The van der Waals surface area contributed by atoms with E-state index in [1.165, 1.54) is 6.07 Å². The second-order valence-electron chi connectivity index (χ2n) is 7.35. The largest absolute Gasteiger partial charge is 0.480 e. The van der Waals surface area contributed by atoms with Crippen LogP contribution in [-0.4, -0.2) is 36.1 Å². The number of aryl methyl sites for hydroxylation is 1. The number of likely N-dealkylation sites (N-methyl/N-ethyl adjacent to an activating group) is 1. The van der Waals surface area contributed by atoms with E-state index in [1.807, 2.05) is 30.5 Å². The molecule has 3 nitrogen and oxygen atoms in total. The number of alkyl halides is 3. The Morgan fingerprint density at radius 3 is 2.39 bits per heavy atom. The maximum atomic E-state index is 13.0. The van der Waals surface area contributed by atoms with Crippen molar-refractivity contribution >= 4 is 22.9 Å². The molecule has 0 aliphatic carbocycles. The fourth-order valence-corrected chi connectivity index (χ4v) is 4.16. The van der Waals surface area contributed by atoms with E-state index in [9.17, 15) is 18.0 Å². The topological polar surface area (TPSA) is 40.5 Å². The van der Waals surface area contributed by atoms with E-state index in [0.717, 1.165) is 33.7 Å². The van der Waals surface area contributed by atoms with Crippen LogP contribution in [0.5, 0.6) is 0 Å². The van der Waals surface area contributed by atoms with Gasteiger partial charge in [0.2, 0.25) is 0 Å². The predicted molar refractivity (Wildman–Crippen MR) is 118 cm³/mol. The first-order valence-electron chi connectivity index (χ1n) is 9.57. The lowest BCUT2D eigenvalue weighted by atomic mass is 9.98. The Balaban J connectivity index is 1.91. The van der Waals surface area contributed by atoms with Gasteiger partial charge in [-0.15, -0.1) is 11.3 Å². The molecule has 0 fully saturated rings. The number of thiophene rings is 1. The van der Waals surface area contributed by atoms with Crippen molar-refractivity contribution in [2.45, 2.75) is 13.1 Å². The van der Waals surface area contributed by atoms with Crippen LogP contribution in [0, 0.1) is 6.92 Å². The van der Waals surface area contributed by atoms with Crippen LogP contribution in [0.25, 0.3) is 16.7 Å². The average Bonchev–Trinajstić information content (AvgIpc) is 3.13. The van der Waals surface area contributed by atoms with Crippen LogP contribution in [-0.2, 0) is 11.0 Å². The Labute approximate surface area is 183 Å². The first-order chi connectivity index (χ1) is 14.6. The van der Waals surface area contributed by atoms with Crippen LogP contribution in [0.2, 0.25) is 0 Å². The van der Waals surface area contributed by atoms with Gasteiger partial charge in [0.15, 0.2) is 0 Å². The quantitative estimate of drug-likeness (QED) is 0.471. The van der Waals surface area contributed by atoms with Crippen LogP contribution in [0.3, 0.4) is 0 Å². The lowest BCUT2D eigenvalue weighted by Gasteiger charge is -2.14. The number of hydrogen-bond acceptors (Lipinski definition) is 3. The van der Waals surface area contributed by atoms with Gasteiger partial charge in [-0.1, -0.05) is 42.5 Å². The van der Waals surface area contributed by atoms with Crippen LogP contribution in [0.15, 0.2) is 66.1 Å². The normalized spacial score (nSPS) is 12.4. The van der Waals surface area contributed by atoms with Gasteiger partial charge in [-0.05, 0) is 65.4 Å². The van der Waals surface area contributed by atoms with Crippen molar-refractivity contribution in [2.75, 3.05) is 20.1 Å². The standard InChI is InChI=1S/C24H22F3NO2S/c1-16-12-22(31-15-16)21(10-11-28(2)14-23(29)30)18-8-6-17(7-9-18)19-4-3-5-20(13-19)24(25,26)27/h3-10,12-13,15H,11,14H2,1-2H3,(H,29,30)/b21-10-. The average molecular weight is 446 g/mol. The highest BCUT2D eigenvalue weighted by Gasteiger charge is 2.30. The lowest BCUT2D eigenvalue weighted by molar-refractivity contribution is -0.138. The molecule has 0 spiro atoms. The summed E-state index contributed by atoms with van der Waals surface area (Å²) < 4.78 is 39.1. The maximum absolute atomic E-state index is 13.0. The smallest absolute Gasteiger partial charge is 0.416 e. The molecule has 31 heavy (non-hydrogen) atoms. The van der Waals surface area contributed by atoms with E-state index >= 15 is 0 Å². The van der Waals surface area contributed by atoms with E-state index < -0.39 is 17.7 Å². The number of hydrogen-bond donors (Lipinski definition) is 1. The van der Waals surface area contributed by atoms with Gasteiger partial charge in [-0.2, -0.15) is 13.2 Å². The molecule has 1 heterocycles. The third-order valence-electron chi connectivity index (χ3n) is 4.73. The van der Waals surface area contributed by atoms with Gasteiger partial charge in [0.25, 0.3) is 0 Å². The summed E-state index contributed by atoms with van der Waals surface area (Å²) in [6.07, 6.45) is -2.40. The number of carboxylic acid groups (broad SMARTS) is 1. The SMILES string of the molecule is Cc1csc(/C(=C\CN(C)CC(=O)O)c2ccc(-c3cccc(C(F)(F)F)c3)cc2)c1. The fraction of sp³-hybridized carbons (Fsp3) is 0.208. The van der Waals surface area contributed by atoms with Gasteiger partial charge in [-0.3, -0.25) is 9.69 Å². The van der Waals surface area contributed by atoms with Gasteiger partial charge in [-0.25, -0.2) is 0 Å². The molecule has 3 rings (SSSR count). The van der Waals surface area contributed by atoms with Gasteiger partial charge in [0.05, 0.1) is 12.1 Å². The first-order valence-corrected chi connectivity index (χ1v) is 10.5. The Morgan fingerprint density at radius 2 is 1.81 bits per heavy atom. The Morgan fingerprint density at radius 1 is 1.10 bits per heavy atom. The number of nitrogens with zero attached hydrogens (tertiary/aromatic N) is 1. The van der Waals surface area contributed by atoms with Gasteiger partial charge < -0.3 is 5.11 Å². The Bertz CT molecular complexity index is 1080. The summed E-state index contributed by atoms with van der Waals surface area (Å²) in [7, 11) is 1.73. The van der Waals surface area contributed by atoms with E-state index in [-0.39, 0.29) is 6.54 Å². The fourth-order valence-electron chi connectivity index (χ4n) is 3.19. The zero-order valence-electron chi connectivity index (χ0n) is 17.1. The molecule has 0 radical (unpaired) electrons. The highest BCUT2D eigenvalue weighted by Crippen LogP contribution is 2.34. The van der Waals surface area contributed by atoms with Crippen molar-refractivity contribution in [1.82, 2.24) is 4.90 Å². The van der Waals surface area contributed by atoms with Gasteiger partial charge in [0, 0.05) is 11.4 Å². The molecule has 0 saturated carbocycles. The third kappa shape index (κ3) is 6.06. The molecule has 0 amide bonds. The summed E-state index contributed by atoms with van der Waals surface area (Å²) >= 11 is 1.60. The molecule has 0 aliphatic rings. The number of rotatable bonds is 7. The van der Waals surface area contributed by atoms with Crippen LogP contribution in [0.4, 0.5) is 13.2 Å². The minimum absolute atomic E-state index is 0.0677. The molecule has 3 aromatic rings. The summed E-state index contributed by atoms with van der Waals surface area (Å²) in [6, 6.07) is 14.7. The van der Waals surface area contributed by atoms with E-state index in [4.69, 9.17) is 5.11 Å². The lowest BCUT2D eigenvalue weighted by Crippen LogP contribution is -2.25. The molecule has 7 heteroatoms. The molecule has 162 valence electrons. The van der Waals surface area contributed by atoms with Crippen molar-refractivity contribution in [3.63, 3.8) is 0 Å². The summed E-state index contributed by atoms with van der Waals surface area (Å²) in [6.45, 7) is 2.39. The maximum Gasteiger partial charge on any atom is 0.416 e. The highest BCUT2D eigenvalue weighted by molar-refractivity contribution is 7.11. The molecule has 0 bridgehead atoms. The summed E-state index contributed by atoms with van der Waals surface area (Å²) in [5.74, 6) is -0.894. The molecule has 1 N–H and O–H groups in total. The summed E-state index contributed by atoms with van der Waals surface area (Å²) in [5.41, 5.74) is 3.53. The third-order valence-corrected chi connectivity index (χ3v) is 5.81. The molecule has 0 unspecified atom stereocenters. The zero-order valence-corrected chi connectivity index (χ0v) is 17.9. The Hall–Kier alpha value is -2.90. The van der Waals surface area contributed by atoms with Crippen LogP contribution in [0.1, 0.15) is 21.6 Å². The van der Waals surface area contributed by atoms with E-state index in [2.05, 4.69) is 6.07 Å². The Kier molecular flexibility index (Phi) is 6.97. The first kappa shape index (κ1) is 22.8. The van der Waals surface area contributed by atoms with E-state index in [1.54, 1.807) is 41.5 Å². The number of aliphatic carboxylic acids is 1. The predicted octanol–water partition coefficient (Wildman–Crippen LogP) is 6.19. The van der Waals surface area contributed by atoms with E-state index in [0.29, 0.717) is 17.7 Å². The molecule has 1 aromatic heterocycles. The van der Waals surface area contributed by atoms with Crippen molar-refractivity contribution in [2.24, 2.45) is 0 Å². The van der Waals surface area contributed by atoms with Gasteiger partial charge >= 0.3 is 12.1 Å². The van der Waals surface area contributed by atoms with Crippen LogP contribution < -0.4 is 0 Å². The summed E-state index contributed by atoms with van der Waals surface area (Å²) in [4.78, 5) is 13.7. The monoisotopic (exact) mass is 445 g/mol. The summed E-state index contributed by atoms with van der Waals surface area (Å²) in [5, 5.41) is 11.0. The number of halogens is 3. The van der Waals surface area contributed by atoms with Crippen molar-refractivity contribution in [3.8, 4) is 11.1 Å². The molecular formula is C24H22F3NO2S. The van der Waals surface area contributed by atoms with Crippen molar-refractivity contribution in [3.05, 3.63) is 87.6 Å².